The number of aromatic amines is 1. The monoisotopic (exact) mass is 402 g/mol. The van der Waals surface area contributed by atoms with Gasteiger partial charge in [-0.1, -0.05) is 13.3 Å². The highest BCUT2D eigenvalue weighted by Crippen LogP contribution is 2.27. The summed E-state index contributed by atoms with van der Waals surface area (Å²) in [4.78, 5) is 37.3. The van der Waals surface area contributed by atoms with Gasteiger partial charge in [-0.15, -0.1) is 0 Å². The van der Waals surface area contributed by atoms with E-state index in [1.807, 2.05) is 6.26 Å². The molecular weight excluding hydrogens is 376 g/mol. The normalized spacial score (nSPS) is 23.2. The van der Waals surface area contributed by atoms with E-state index in [4.69, 9.17) is 14.2 Å². The first kappa shape index (κ1) is 21.5. The van der Waals surface area contributed by atoms with Crippen LogP contribution >= 0.6 is 11.8 Å². The fourth-order valence-electron chi connectivity index (χ4n) is 2.78. The molecule has 1 aromatic heterocycles. The number of H-pyrrole nitrogens is 1. The van der Waals surface area contributed by atoms with Crippen molar-refractivity contribution in [2.75, 3.05) is 19.5 Å². The number of aliphatic hydroxyl groups is 1. The number of aryl methyl sites for hydroxylation is 1. The van der Waals surface area contributed by atoms with Crippen LogP contribution in [0.2, 0.25) is 0 Å². The van der Waals surface area contributed by atoms with Crippen LogP contribution in [0.25, 0.3) is 0 Å². The molecule has 2 N–H and O–H groups in total. The molecule has 0 radical (unpaired) electrons. The van der Waals surface area contributed by atoms with Crippen molar-refractivity contribution in [2.24, 2.45) is 0 Å². The van der Waals surface area contributed by atoms with Crippen LogP contribution in [0.15, 0.2) is 15.8 Å². The first-order chi connectivity index (χ1) is 12.8. The zero-order valence-corrected chi connectivity index (χ0v) is 16.5. The zero-order chi connectivity index (χ0) is 20.0. The Morgan fingerprint density at radius 2 is 2.22 bits per heavy atom. The predicted octanol–water partition coefficient (Wildman–Crippen LogP) is 1.18. The van der Waals surface area contributed by atoms with Gasteiger partial charge in [0, 0.05) is 23.4 Å². The maximum Gasteiger partial charge on any atom is 0.508 e. The van der Waals surface area contributed by atoms with Crippen molar-refractivity contribution >= 4 is 17.9 Å². The summed E-state index contributed by atoms with van der Waals surface area (Å²) in [5.74, 6) is 0. The quantitative estimate of drug-likeness (QED) is 0.622. The van der Waals surface area contributed by atoms with Gasteiger partial charge in [-0.2, -0.15) is 11.8 Å². The highest BCUT2D eigenvalue weighted by atomic mass is 32.2. The standard InChI is InChI=1S/C17H26N2O7S/c1-4-5-11(27-3)8-24-17(23)25-9-13-12(20)6-14(26-13)19-7-10(2)15(21)18-16(19)22/h7,11-14,20H,4-6,8-9H2,1-3H3,(H,18,21,22)/t11?,12?,13-,14-/m1/s1. The van der Waals surface area contributed by atoms with Gasteiger partial charge in [0.2, 0.25) is 0 Å². The third kappa shape index (κ3) is 5.85. The van der Waals surface area contributed by atoms with E-state index >= 15 is 0 Å². The summed E-state index contributed by atoms with van der Waals surface area (Å²) in [6.45, 7) is 3.70. The lowest BCUT2D eigenvalue weighted by atomic mass is 10.2. The fourth-order valence-corrected chi connectivity index (χ4v) is 3.46. The highest BCUT2D eigenvalue weighted by molar-refractivity contribution is 7.99. The topological polar surface area (TPSA) is 120 Å². The number of ether oxygens (including phenoxy) is 3. The summed E-state index contributed by atoms with van der Waals surface area (Å²) in [6, 6.07) is 0. The molecule has 152 valence electrons. The molecule has 2 heterocycles. The number of nitrogens with one attached hydrogen (secondary N) is 1. The van der Waals surface area contributed by atoms with E-state index in [1.165, 1.54) is 10.8 Å². The van der Waals surface area contributed by atoms with Gasteiger partial charge >= 0.3 is 11.8 Å². The van der Waals surface area contributed by atoms with E-state index in [9.17, 15) is 19.5 Å². The van der Waals surface area contributed by atoms with Crippen LogP contribution in [0, 0.1) is 6.92 Å². The van der Waals surface area contributed by atoms with E-state index in [2.05, 4.69) is 11.9 Å². The molecule has 0 saturated carbocycles. The summed E-state index contributed by atoms with van der Waals surface area (Å²) in [5.41, 5.74) is -0.738. The van der Waals surface area contributed by atoms with Crippen molar-refractivity contribution in [1.29, 1.82) is 0 Å². The molecule has 0 aromatic carbocycles. The Labute approximate surface area is 161 Å². The fraction of sp³-hybridized carbons (Fsp3) is 0.706. The van der Waals surface area contributed by atoms with Crippen LogP contribution in [-0.2, 0) is 14.2 Å². The number of carbonyl (C=O) groups is 1. The minimum atomic E-state index is -0.916. The molecule has 27 heavy (non-hydrogen) atoms. The SMILES string of the molecule is CCCC(COC(=O)OC[C@H]1O[C@@H](n2cc(C)c(=O)[nH]c2=O)CC1O)SC. The minimum absolute atomic E-state index is 0.138. The number of hydrogen-bond acceptors (Lipinski definition) is 8. The van der Waals surface area contributed by atoms with Crippen LogP contribution in [0.5, 0.6) is 0 Å². The Kier molecular flexibility index (Phi) is 7.93. The number of rotatable bonds is 8. The van der Waals surface area contributed by atoms with Crippen molar-refractivity contribution in [3.63, 3.8) is 0 Å². The molecule has 2 unspecified atom stereocenters. The second-order valence-electron chi connectivity index (χ2n) is 6.43. The Bertz CT molecular complexity index is 748. The number of thioether (sulfide) groups is 1. The van der Waals surface area contributed by atoms with E-state index in [1.54, 1.807) is 18.7 Å². The summed E-state index contributed by atoms with van der Waals surface area (Å²) in [5, 5.41) is 10.3. The number of aromatic nitrogens is 2. The minimum Gasteiger partial charge on any atom is -0.433 e. The molecule has 1 saturated heterocycles. The third-order valence-corrected chi connectivity index (χ3v) is 5.40. The van der Waals surface area contributed by atoms with Crippen molar-refractivity contribution < 1.29 is 24.1 Å². The summed E-state index contributed by atoms with van der Waals surface area (Å²) in [7, 11) is 0. The number of carbonyl (C=O) groups excluding carboxylic acids is 1. The molecule has 1 fully saturated rings. The van der Waals surface area contributed by atoms with Crippen LogP contribution < -0.4 is 11.2 Å². The first-order valence-corrected chi connectivity index (χ1v) is 10.1. The molecule has 1 aromatic rings. The molecule has 2 rings (SSSR count). The van der Waals surface area contributed by atoms with E-state index in [-0.39, 0.29) is 24.9 Å². The second-order valence-corrected chi connectivity index (χ2v) is 7.57. The van der Waals surface area contributed by atoms with Crippen molar-refractivity contribution in [3.8, 4) is 0 Å². The van der Waals surface area contributed by atoms with Crippen LogP contribution in [0.4, 0.5) is 4.79 Å². The van der Waals surface area contributed by atoms with Gasteiger partial charge in [0.25, 0.3) is 5.56 Å². The first-order valence-electron chi connectivity index (χ1n) is 8.83. The van der Waals surface area contributed by atoms with Gasteiger partial charge in [-0.3, -0.25) is 14.3 Å². The molecule has 10 heteroatoms. The van der Waals surface area contributed by atoms with Crippen molar-refractivity contribution in [2.45, 2.75) is 56.8 Å². The second kappa shape index (κ2) is 9.95. The Balaban J connectivity index is 1.86. The van der Waals surface area contributed by atoms with Crippen LogP contribution in [0.1, 0.15) is 38.0 Å². The van der Waals surface area contributed by atoms with Gasteiger partial charge in [-0.25, -0.2) is 9.59 Å². The van der Waals surface area contributed by atoms with Crippen LogP contribution in [-0.4, -0.2) is 57.7 Å². The van der Waals surface area contributed by atoms with Gasteiger partial charge in [0.15, 0.2) is 0 Å². The van der Waals surface area contributed by atoms with E-state index < -0.39 is 35.8 Å². The Morgan fingerprint density at radius 3 is 2.89 bits per heavy atom. The zero-order valence-electron chi connectivity index (χ0n) is 15.7. The third-order valence-electron chi connectivity index (χ3n) is 4.36. The predicted molar refractivity (Wildman–Crippen MR) is 100 cm³/mol. The average Bonchev–Trinajstić information content (AvgIpc) is 3.00. The molecule has 0 bridgehead atoms. The number of nitrogens with zero attached hydrogens (tertiary/aromatic N) is 1. The van der Waals surface area contributed by atoms with Crippen molar-refractivity contribution in [1.82, 2.24) is 9.55 Å². The number of aliphatic hydroxyl groups excluding tert-OH is 1. The molecule has 1 aliphatic heterocycles. The molecule has 0 spiro atoms. The van der Waals surface area contributed by atoms with Gasteiger partial charge in [0.1, 0.15) is 25.5 Å². The lowest BCUT2D eigenvalue weighted by Crippen LogP contribution is -2.33. The van der Waals surface area contributed by atoms with Gasteiger partial charge in [-0.05, 0) is 19.6 Å². The maximum atomic E-state index is 11.9. The highest BCUT2D eigenvalue weighted by Gasteiger charge is 2.36. The smallest absolute Gasteiger partial charge is 0.433 e. The van der Waals surface area contributed by atoms with Crippen LogP contribution in [0.3, 0.4) is 0 Å². The summed E-state index contributed by atoms with van der Waals surface area (Å²) in [6.07, 6.45) is 2.14. The molecule has 9 nitrogen and oxygen atoms in total. The Morgan fingerprint density at radius 1 is 1.48 bits per heavy atom. The lowest BCUT2D eigenvalue weighted by molar-refractivity contribution is -0.0587. The molecule has 1 aliphatic rings. The lowest BCUT2D eigenvalue weighted by Gasteiger charge is -2.17. The van der Waals surface area contributed by atoms with E-state index in [0.717, 1.165) is 12.8 Å². The molecular formula is C17H26N2O7S. The van der Waals surface area contributed by atoms with Gasteiger partial charge in [0.05, 0.1) is 6.10 Å². The molecule has 0 aliphatic carbocycles. The summed E-state index contributed by atoms with van der Waals surface area (Å²) >= 11 is 1.63. The number of hydrogen-bond donors (Lipinski definition) is 2. The maximum absolute atomic E-state index is 11.9. The average molecular weight is 402 g/mol. The molecule has 0 amide bonds. The van der Waals surface area contributed by atoms with Gasteiger partial charge < -0.3 is 19.3 Å². The molecule has 4 atom stereocenters. The largest absolute Gasteiger partial charge is 0.508 e. The van der Waals surface area contributed by atoms with Crippen molar-refractivity contribution in [3.05, 3.63) is 32.6 Å². The summed E-state index contributed by atoms with van der Waals surface area (Å²) < 4.78 is 17.0. The Hall–Kier alpha value is -1.78. The van der Waals surface area contributed by atoms with E-state index in [0.29, 0.717) is 5.56 Å².